The Bertz CT molecular complexity index is 274. The second-order valence-electron chi connectivity index (χ2n) is 2.96. The molecule has 1 aromatic heterocycles. The number of methoxy groups -OCH3 is 1. The average Bonchev–Trinajstić information content (AvgIpc) is 2.21. The van der Waals surface area contributed by atoms with Crippen molar-refractivity contribution in [1.82, 2.24) is 9.97 Å². The van der Waals surface area contributed by atoms with Crippen molar-refractivity contribution in [2.45, 2.75) is 26.4 Å². The Labute approximate surface area is 84.7 Å². The van der Waals surface area contributed by atoms with Crippen molar-refractivity contribution in [3.63, 3.8) is 0 Å². The molecule has 1 rings (SSSR count). The van der Waals surface area contributed by atoms with Gasteiger partial charge in [-0.3, -0.25) is 0 Å². The minimum Gasteiger partial charge on any atom is -0.373 e. The minimum atomic E-state index is -0.00592. The van der Waals surface area contributed by atoms with Crippen LogP contribution < -0.4 is 5.32 Å². The highest BCUT2D eigenvalue weighted by Gasteiger charge is 2.10. The Morgan fingerprint density at radius 2 is 2.29 bits per heavy atom. The first-order valence-corrected chi connectivity index (χ1v) is 4.91. The third-order valence-electron chi connectivity index (χ3n) is 1.98. The fourth-order valence-corrected chi connectivity index (χ4v) is 1.26. The molecule has 0 amide bonds. The summed E-state index contributed by atoms with van der Waals surface area (Å²) in [6.07, 6.45) is 2.63. The van der Waals surface area contributed by atoms with Gasteiger partial charge >= 0.3 is 0 Å². The van der Waals surface area contributed by atoms with Crippen molar-refractivity contribution >= 4 is 5.82 Å². The zero-order valence-corrected chi connectivity index (χ0v) is 8.95. The smallest absolute Gasteiger partial charge is 0.159 e. The van der Waals surface area contributed by atoms with Gasteiger partial charge < -0.3 is 10.1 Å². The maximum Gasteiger partial charge on any atom is 0.159 e. The molecular weight excluding hydrogens is 178 g/mol. The van der Waals surface area contributed by atoms with Crippen molar-refractivity contribution in [1.29, 1.82) is 0 Å². The van der Waals surface area contributed by atoms with Crippen molar-refractivity contribution in [3.05, 3.63) is 18.1 Å². The molecule has 0 aliphatic rings. The Balaban J connectivity index is 2.81. The van der Waals surface area contributed by atoms with Crippen LogP contribution in [0.25, 0.3) is 0 Å². The average molecular weight is 195 g/mol. The third-order valence-corrected chi connectivity index (χ3v) is 1.98. The summed E-state index contributed by atoms with van der Waals surface area (Å²) in [6.45, 7) is 4.95. The molecule has 0 aromatic carbocycles. The minimum absolute atomic E-state index is 0.00592. The first-order valence-electron chi connectivity index (χ1n) is 4.91. The molecule has 78 valence electrons. The lowest BCUT2D eigenvalue weighted by molar-refractivity contribution is 0.0927. The lowest BCUT2D eigenvalue weighted by atomic mass is 10.2. The van der Waals surface area contributed by atoms with E-state index in [1.807, 2.05) is 13.0 Å². The zero-order chi connectivity index (χ0) is 10.4. The Morgan fingerprint density at radius 1 is 1.50 bits per heavy atom. The number of aromatic nitrogens is 2. The zero-order valence-electron chi connectivity index (χ0n) is 8.95. The summed E-state index contributed by atoms with van der Waals surface area (Å²) in [7, 11) is 1.68. The lowest BCUT2D eigenvalue weighted by Gasteiger charge is -2.12. The second-order valence-corrected chi connectivity index (χ2v) is 2.96. The molecule has 0 aliphatic carbocycles. The highest BCUT2D eigenvalue weighted by atomic mass is 16.5. The number of ether oxygens (including phenoxy) is 1. The molecule has 1 N–H and O–H groups in total. The van der Waals surface area contributed by atoms with Gasteiger partial charge in [0.05, 0.1) is 0 Å². The SMILES string of the molecule is CCNc1ccnc(C(CC)OC)n1. The highest BCUT2D eigenvalue weighted by molar-refractivity contribution is 5.32. The summed E-state index contributed by atoms with van der Waals surface area (Å²) in [5.41, 5.74) is 0. The van der Waals surface area contributed by atoms with Crippen LogP contribution in [-0.4, -0.2) is 23.6 Å². The number of rotatable bonds is 5. The molecule has 4 heteroatoms. The van der Waals surface area contributed by atoms with E-state index in [1.165, 1.54) is 0 Å². The van der Waals surface area contributed by atoms with Crippen LogP contribution in [0.5, 0.6) is 0 Å². The lowest BCUT2D eigenvalue weighted by Crippen LogP contribution is -2.08. The third kappa shape index (κ3) is 2.67. The van der Waals surface area contributed by atoms with Crippen LogP contribution in [0.2, 0.25) is 0 Å². The fourth-order valence-electron chi connectivity index (χ4n) is 1.26. The summed E-state index contributed by atoms with van der Waals surface area (Å²) >= 11 is 0. The number of hydrogen-bond acceptors (Lipinski definition) is 4. The van der Waals surface area contributed by atoms with Crippen LogP contribution in [0.1, 0.15) is 32.2 Å². The van der Waals surface area contributed by atoms with Crippen molar-refractivity contribution in [3.8, 4) is 0 Å². The number of anilines is 1. The van der Waals surface area contributed by atoms with Gasteiger partial charge in [-0.2, -0.15) is 0 Å². The van der Waals surface area contributed by atoms with Gasteiger partial charge in [0.15, 0.2) is 5.82 Å². The predicted octanol–water partition coefficient (Wildman–Crippen LogP) is 2.01. The van der Waals surface area contributed by atoms with Crippen LogP contribution in [0, 0.1) is 0 Å². The second kappa shape index (κ2) is 5.54. The molecule has 0 bridgehead atoms. The van der Waals surface area contributed by atoms with E-state index in [4.69, 9.17) is 4.74 Å². The topological polar surface area (TPSA) is 47.0 Å². The first kappa shape index (κ1) is 10.9. The van der Waals surface area contributed by atoms with E-state index in [0.29, 0.717) is 0 Å². The summed E-state index contributed by atoms with van der Waals surface area (Å²) in [5, 5.41) is 3.14. The molecule has 1 atom stereocenters. The molecule has 0 aliphatic heterocycles. The number of nitrogens with one attached hydrogen (secondary N) is 1. The molecule has 0 spiro atoms. The van der Waals surface area contributed by atoms with Gasteiger partial charge in [-0.05, 0) is 19.4 Å². The van der Waals surface area contributed by atoms with E-state index in [1.54, 1.807) is 13.3 Å². The molecule has 1 heterocycles. The van der Waals surface area contributed by atoms with Crippen LogP contribution in [0.4, 0.5) is 5.82 Å². The molecule has 0 saturated heterocycles. The Kier molecular flexibility index (Phi) is 4.32. The summed E-state index contributed by atoms with van der Waals surface area (Å²) in [4.78, 5) is 8.54. The van der Waals surface area contributed by atoms with Crippen LogP contribution in [0.3, 0.4) is 0 Å². The van der Waals surface area contributed by atoms with E-state index in [0.717, 1.165) is 24.6 Å². The molecule has 0 radical (unpaired) electrons. The van der Waals surface area contributed by atoms with E-state index in [2.05, 4.69) is 22.2 Å². The normalized spacial score (nSPS) is 12.5. The number of nitrogens with zero attached hydrogens (tertiary/aromatic N) is 2. The fraction of sp³-hybridized carbons (Fsp3) is 0.600. The molecule has 14 heavy (non-hydrogen) atoms. The van der Waals surface area contributed by atoms with Crippen LogP contribution in [-0.2, 0) is 4.74 Å². The standard InChI is InChI=1S/C10H17N3O/c1-4-8(14-3)10-12-7-6-9(13-10)11-5-2/h6-8H,4-5H2,1-3H3,(H,11,12,13). The van der Waals surface area contributed by atoms with E-state index in [9.17, 15) is 0 Å². The summed E-state index contributed by atoms with van der Waals surface area (Å²) < 4.78 is 5.27. The first-order chi connectivity index (χ1) is 6.81. The molecule has 1 unspecified atom stereocenters. The van der Waals surface area contributed by atoms with Crippen molar-refractivity contribution in [2.75, 3.05) is 19.0 Å². The molecule has 4 nitrogen and oxygen atoms in total. The van der Waals surface area contributed by atoms with Gasteiger partial charge in [0.2, 0.25) is 0 Å². The quantitative estimate of drug-likeness (QED) is 0.780. The van der Waals surface area contributed by atoms with Crippen LogP contribution in [0.15, 0.2) is 12.3 Å². The maximum absolute atomic E-state index is 5.27. The van der Waals surface area contributed by atoms with Crippen molar-refractivity contribution < 1.29 is 4.74 Å². The molecule has 1 aromatic rings. The Morgan fingerprint density at radius 3 is 2.86 bits per heavy atom. The molecule has 0 fully saturated rings. The van der Waals surface area contributed by atoms with Gasteiger partial charge in [-0.1, -0.05) is 6.92 Å². The van der Waals surface area contributed by atoms with E-state index < -0.39 is 0 Å². The predicted molar refractivity (Wildman–Crippen MR) is 56.2 cm³/mol. The van der Waals surface area contributed by atoms with Gasteiger partial charge in [0.1, 0.15) is 11.9 Å². The van der Waals surface area contributed by atoms with Gasteiger partial charge in [-0.15, -0.1) is 0 Å². The van der Waals surface area contributed by atoms with Gasteiger partial charge in [0, 0.05) is 19.9 Å². The van der Waals surface area contributed by atoms with E-state index >= 15 is 0 Å². The summed E-state index contributed by atoms with van der Waals surface area (Å²) in [6, 6.07) is 1.86. The maximum atomic E-state index is 5.27. The van der Waals surface area contributed by atoms with Gasteiger partial charge in [-0.25, -0.2) is 9.97 Å². The van der Waals surface area contributed by atoms with Crippen molar-refractivity contribution in [2.24, 2.45) is 0 Å². The molecule has 0 saturated carbocycles. The monoisotopic (exact) mass is 195 g/mol. The summed E-state index contributed by atoms with van der Waals surface area (Å²) in [5.74, 6) is 1.60. The van der Waals surface area contributed by atoms with E-state index in [-0.39, 0.29) is 6.10 Å². The van der Waals surface area contributed by atoms with Crippen LogP contribution >= 0.6 is 0 Å². The van der Waals surface area contributed by atoms with Gasteiger partial charge in [0.25, 0.3) is 0 Å². The Hall–Kier alpha value is -1.16. The highest BCUT2D eigenvalue weighted by Crippen LogP contribution is 2.16. The number of hydrogen-bond donors (Lipinski definition) is 1. The molecular formula is C10H17N3O. The largest absolute Gasteiger partial charge is 0.373 e.